The van der Waals surface area contributed by atoms with E-state index in [2.05, 4.69) is 48.2 Å². The van der Waals surface area contributed by atoms with Crippen LogP contribution in [0.25, 0.3) is 11.0 Å². The number of nitrogens with zero attached hydrogens (tertiary/aromatic N) is 1. The summed E-state index contributed by atoms with van der Waals surface area (Å²) < 4.78 is 0. The fourth-order valence-corrected chi connectivity index (χ4v) is 2.89. The Bertz CT molecular complexity index is 764. The average molecular weight is 300 g/mol. The zero-order valence-electron chi connectivity index (χ0n) is 12.5. The van der Waals surface area contributed by atoms with Crippen LogP contribution in [0.5, 0.6) is 0 Å². The molecule has 0 spiro atoms. The lowest BCUT2D eigenvalue weighted by molar-refractivity contribution is 0.554. The number of aromatic nitrogens is 2. The van der Waals surface area contributed by atoms with Crippen molar-refractivity contribution in [2.75, 3.05) is 11.1 Å². The number of hydrogen-bond donors (Lipinski definition) is 3. The highest BCUT2D eigenvalue weighted by molar-refractivity contribution is 7.10. The van der Waals surface area contributed by atoms with Crippen molar-refractivity contribution >= 4 is 33.7 Å². The molecule has 4 nitrogen and oxygen atoms in total. The summed E-state index contributed by atoms with van der Waals surface area (Å²) in [5, 5.41) is 5.42. The van der Waals surface area contributed by atoms with Crippen LogP contribution in [-0.4, -0.2) is 9.97 Å². The number of fused-ring (bicyclic) bond motifs is 1. The van der Waals surface area contributed by atoms with E-state index in [1.807, 2.05) is 17.5 Å². The molecule has 0 aliphatic carbocycles. The van der Waals surface area contributed by atoms with E-state index in [0.717, 1.165) is 39.7 Å². The lowest BCUT2D eigenvalue weighted by atomic mass is 9.96. The van der Waals surface area contributed by atoms with Crippen molar-refractivity contribution < 1.29 is 0 Å². The lowest BCUT2D eigenvalue weighted by Gasteiger charge is -2.13. The van der Waals surface area contributed by atoms with Gasteiger partial charge in [-0.3, -0.25) is 0 Å². The van der Waals surface area contributed by atoms with Crippen LogP contribution < -0.4 is 11.1 Å². The molecule has 0 saturated heterocycles. The lowest BCUT2D eigenvalue weighted by Crippen LogP contribution is -2.12. The van der Waals surface area contributed by atoms with E-state index in [1.54, 1.807) is 11.3 Å². The topological polar surface area (TPSA) is 66.7 Å². The van der Waals surface area contributed by atoms with Gasteiger partial charge < -0.3 is 16.0 Å². The maximum Gasteiger partial charge on any atom is 0.112 e. The maximum absolute atomic E-state index is 5.90. The zero-order chi connectivity index (χ0) is 15.0. The third-order valence-electron chi connectivity index (χ3n) is 3.43. The summed E-state index contributed by atoms with van der Waals surface area (Å²) in [7, 11) is 0. The quantitative estimate of drug-likeness (QED) is 0.681. The van der Waals surface area contributed by atoms with Gasteiger partial charge in [-0.15, -0.1) is 11.3 Å². The summed E-state index contributed by atoms with van der Waals surface area (Å²) in [6.07, 6.45) is 0. The minimum Gasteiger partial charge on any atom is -0.398 e. The van der Waals surface area contributed by atoms with Gasteiger partial charge in [0.15, 0.2) is 0 Å². The molecule has 3 aromatic rings. The highest BCUT2D eigenvalue weighted by atomic mass is 32.1. The second-order valence-corrected chi connectivity index (χ2v) is 7.22. The van der Waals surface area contributed by atoms with Crippen molar-refractivity contribution in [3.8, 4) is 0 Å². The number of nitrogens with one attached hydrogen (secondary N) is 2. The van der Waals surface area contributed by atoms with Gasteiger partial charge in [-0.1, -0.05) is 20.8 Å². The fourth-order valence-electron chi connectivity index (χ4n) is 2.15. The number of rotatable bonds is 3. The Labute approximate surface area is 128 Å². The number of nitrogen functional groups attached to an aromatic ring is 1. The van der Waals surface area contributed by atoms with Crippen molar-refractivity contribution in [2.45, 2.75) is 32.7 Å². The predicted octanol–water partition coefficient (Wildman–Crippen LogP) is 4.12. The first kappa shape index (κ1) is 13.9. The standard InChI is InChI=1S/C16H20N4S/c1-16(2,3)15-19-12-5-4-10(8-13(12)20-15)18-9-14-11(17)6-7-21-14/h4-8,18H,9,17H2,1-3H3,(H,19,20). The van der Waals surface area contributed by atoms with E-state index in [4.69, 9.17) is 5.73 Å². The van der Waals surface area contributed by atoms with Crippen LogP contribution in [0.4, 0.5) is 11.4 Å². The van der Waals surface area contributed by atoms with Gasteiger partial charge >= 0.3 is 0 Å². The molecule has 0 aliphatic heterocycles. The highest BCUT2D eigenvalue weighted by Crippen LogP contribution is 2.25. The Kier molecular flexibility index (Phi) is 3.37. The van der Waals surface area contributed by atoms with Crippen molar-refractivity contribution in [1.82, 2.24) is 9.97 Å². The first-order valence-electron chi connectivity index (χ1n) is 6.99. The molecule has 3 rings (SSSR count). The summed E-state index contributed by atoms with van der Waals surface area (Å²) >= 11 is 1.67. The molecule has 2 heterocycles. The summed E-state index contributed by atoms with van der Waals surface area (Å²) in [6, 6.07) is 8.14. The number of anilines is 2. The van der Waals surface area contributed by atoms with Crippen molar-refractivity contribution in [1.29, 1.82) is 0 Å². The number of H-pyrrole nitrogens is 1. The normalized spacial score (nSPS) is 12.0. The third-order valence-corrected chi connectivity index (χ3v) is 4.36. The number of thiophene rings is 1. The number of aromatic amines is 1. The molecule has 1 aromatic carbocycles. The highest BCUT2D eigenvalue weighted by Gasteiger charge is 2.18. The van der Waals surface area contributed by atoms with E-state index in [9.17, 15) is 0 Å². The molecule has 0 atom stereocenters. The Morgan fingerprint density at radius 1 is 1.29 bits per heavy atom. The van der Waals surface area contributed by atoms with Crippen LogP contribution in [0.15, 0.2) is 29.6 Å². The molecule has 4 N–H and O–H groups in total. The monoisotopic (exact) mass is 300 g/mol. The van der Waals surface area contributed by atoms with E-state index in [1.165, 1.54) is 0 Å². The van der Waals surface area contributed by atoms with Gasteiger partial charge in [0.1, 0.15) is 5.82 Å². The van der Waals surface area contributed by atoms with Crippen LogP contribution in [0.3, 0.4) is 0 Å². The second-order valence-electron chi connectivity index (χ2n) is 6.22. The molecular formula is C16H20N4S. The van der Waals surface area contributed by atoms with Gasteiger partial charge in [0.25, 0.3) is 0 Å². The molecule has 0 saturated carbocycles. The van der Waals surface area contributed by atoms with Crippen LogP contribution in [0, 0.1) is 0 Å². The van der Waals surface area contributed by atoms with E-state index < -0.39 is 0 Å². The Balaban J connectivity index is 1.82. The van der Waals surface area contributed by atoms with Gasteiger partial charge in [0, 0.05) is 21.7 Å². The average Bonchev–Trinajstić information content (AvgIpc) is 3.01. The van der Waals surface area contributed by atoms with Crippen molar-refractivity contribution in [3.63, 3.8) is 0 Å². The Morgan fingerprint density at radius 2 is 2.10 bits per heavy atom. The Hall–Kier alpha value is -2.01. The van der Waals surface area contributed by atoms with Crippen LogP contribution >= 0.6 is 11.3 Å². The molecule has 110 valence electrons. The van der Waals surface area contributed by atoms with Gasteiger partial charge in [-0.25, -0.2) is 4.98 Å². The van der Waals surface area contributed by atoms with Gasteiger partial charge in [-0.05, 0) is 29.6 Å². The largest absolute Gasteiger partial charge is 0.398 e. The van der Waals surface area contributed by atoms with E-state index in [-0.39, 0.29) is 5.41 Å². The van der Waals surface area contributed by atoms with E-state index >= 15 is 0 Å². The summed E-state index contributed by atoms with van der Waals surface area (Å²) in [4.78, 5) is 9.22. The van der Waals surface area contributed by atoms with Crippen LogP contribution in [-0.2, 0) is 12.0 Å². The van der Waals surface area contributed by atoms with Crippen molar-refractivity contribution in [3.05, 3.63) is 40.3 Å². The zero-order valence-corrected chi connectivity index (χ0v) is 13.3. The molecule has 0 unspecified atom stereocenters. The minimum atomic E-state index is 0.0258. The number of imidazole rings is 1. The predicted molar refractivity (Wildman–Crippen MR) is 90.9 cm³/mol. The maximum atomic E-state index is 5.90. The van der Waals surface area contributed by atoms with Crippen molar-refractivity contribution in [2.24, 2.45) is 0 Å². The molecule has 21 heavy (non-hydrogen) atoms. The number of nitrogens with two attached hydrogens (primary N) is 1. The molecule has 0 bridgehead atoms. The Morgan fingerprint density at radius 3 is 2.76 bits per heavy atom. The van der Waals surface area contributed by atoms with E-state index in [0.29, 0.717) is 0 Å². The molecule has 0 fully saturated rings. The summed E-state index contributed by atoms with van der Waals surface area (Å²) in [6.45, 7) is 7.21. The van der Waals surface area contributed by atoms with Gasteiger partial charge in [0.2, 0.25) is 0 Å². The molecule has 0 radical (unpaired) electrons. The summed E-state index contributed by atoms with van der Waals surface area (Å²) in [5.74, 6) is 1.01. The fraction of sp³-hybridized carbons (Fsp3) is 0.312. The van der Waals surface area contributed by atoms with Crippen LogP contribution in [0.1, 0.15) is 31.5 Å². The van der Waals surface area contributed by atoms with Gasteiger partial charge in [-0.2, -0.15) is 0 Å². The molecule has 0 aliphatic rings. The SMILES string of the molecule is CC(C)(C)c1nc2ccc(NCc3sccc3N)cc2[nH]1. The first-order valence-corrected chi connectivity index (χ1v) is 7.87. The summed E-state index contributed by atoms with van der Waals surface area (Å²) in [5.41, 5.74) is 9.91. The molecule has 0 amide bonds. The first-order chi connectivity index (χ1) is 9.93. The minimum absolute atomic E-state index is 0.0258. The second kappa shape index (κ2) is 5.07. The molecule has 2 aromatic heterocycles. The number of benzene rings is 1. The number of hydrogen-bond acceptors (Lipinski definition) is 4. The third kappa shape index (κ3) is 2.88. The molecule has 5 heteroatoms. The smallest absolute Gasteiger partial charge is 0.112 e. The van der Waals surface area contributed by atoms with Crippen LogP contribution in [0.2, 0.25) is 0 Å². The molecular weight excluding hydrogens is 280 g/mol. The van der Waals surface area contributed by atoms with Gasteiger partial charge in [0.05, 0.1) is 17.6 Å².